The molecule has 0 heterocycles. The van der Waals surface area contributed by atoms with Crippen LogP contribution < -0.4 is 11.1 Å². The Bertz CT molecular complexity index is 874. The summed E-state index contributed by atoms with van der Waals surface area (Å²) in [5.41, 5.74) is 5.20. The number of rotatable bonds is 7. The molecule has 1 atom stereocenters. The average Bonchev–Trinajstić information content (AvgIpc) is 2.67. The molecule has 1 aromatic rings. The number of carbonyl (C=O) groups is 1. The number of alkyl halides is 2. The summed E-state index contributed by atoms with van der Waals surface area (Å²) in [5, 5.41) is 12.3. The van der Waals surface area contributed by atoms with Crippen molar-refractivity contribution in [3.05, 3.63) is 46.4 Å². The molecule has 0 radical (unpaired) electrons. The summed E-state index contributed by atoms with van der Waals surface area (Å²) in [6.45, 7) is 3.66. The normalized spacial score (nSPS) is 14.9. The maximum Gasteiger partial charge on any atom is 0.273 e. The minimum Gasteiger partial charge on any atom is -0.399 e. The van der Waals surface area contributed by atoms with Crippen molar-refractivity contribution in [1.82, 2.24) is 10.2 Å². The number of halogens is 3. The Morgan fingerprint density at radius 3 is 2.35 bits per heavy atom. The number of carbonyl (C=O) groups excluding carboxylic acids is 1. The molecule has 0 spiro atoms. The fourth-order valence-electron chi connectivity index (χ4n) is 2.83. The Hall–Kier alpha value is -2.88. The van der Waals surface area contributed by atoms with Gasteiger partial charge in [0.15, 0.2) is 12.2 Å². The van der Waals surface area contributed by atoms with Gasteiger partial charge in [0.05, 0.1) is 23.8 Å². The summed E-state index contributed by atoms with van der Waals surface area (Å²) < 4.78 is 41.5. The Morgan fingerprint density at radius 2 is 1.97 bits per heavy atom. The number of benzene rings is 1. The first-order chi connectivity index (χ1) is 14.4. The molecular formula is C21H30F3N5O2. The molecular weight excluding hydrogens is 411 g/mol. The lowest BCUT2D eigenvalue weighted by molar-refractivity contribution is -0.104. The smallest absolute Gasteiger partial charge is 0.273 e. The molecule has 0 aliphatic rings. The highest BCUT2D eigenvalue weighted by molar-refractivity contribution is 6.19. The highest BCUT2D eigenvalue weighted by Gasteiger charge is 2.29. The summed E-state index contributed by atoms with van der Waals surface area (Å²) in [4.78, 5) is 22.0. The molecule has 1 unspecified atom stereocenters. The van der Waals surface area contributed by atoms with Crippen LogP contribution in [0.15, 0.2) is 39.5 Å². The highest BCUT2D eigenvalue weighted by Crippen LogP contribution is 2.33. The van der Waals surface area contributed by atoms with E-state index in [0.29, 0.717) is 24.7 Å². The number of aliphatic hydroxyl groups is 1. The van der Waals surface area contributed by atoms with Gasteiger partial charge in [-0.3, -0.25) is 14.8 Å². The molecule has 0 fully saturated rings. The van der Waals surface area contributed by atoms with Crippen LogP contribution in [0.2, 0.25) is 0 Å². The molecule has 31 heavy (non-hydrogen) atoms. The van der Waals surface area contributed by atoms with Crippen molar-refractivity contribution >= 4 is 18.1 Å². The topological polar surface area (TPSA) is 103 Å². The molecule has 10 heteroatoms. The monoisotopic (exact) mass is 441 g/mol. The van der Waals surface area contributed by atoms with Crippen molar-refractivity contribution in [3.8, 4) is 0 Å². The van der Waals surface area contributed by atoms with Gasteiger partial charge in [-0.05, 0) is 23.6 Å². The van der Waals surface area contributed by atoms with Crippen LogP contribution in [0.1, 0.15) is 37.9 Å². The fourth-order valence-corrected chi connectivity index (χ4v) is 2.83. The van der Waals surface area contributed by atoms with E-state index in [9.17, 15) is 23.1 Å². The third kappa shape index (κ3) is 6.81. The molecule has 0 saturated carbocycles. The van der Waals surface area contributed by atoms with Crippen molar-refractivity contribution in [2.45, 2.75) is 32.7 Å². The lowest BCUT2D eigenvalue weighted by Crippen LogP contribution is -2.42. The summed E-state index contributed by atoms with van der Waals surface area (Å²) >= 11 is 0. The largest absolute Gasteiger partial charge is 0.399 e. The van der Waals surface area contributed by atoms with Gasteiger partial charge in [0.1, 0.15) is 11.7 Å². The van der Waals surface area contributed by atoms with E-state index in [-0.39, 0.29) is 23.0 Å². The molecule has 1 rings (SSSR count). The number of guanidine groups is 1. The van der Waals surface area contributed by atoms with E-state index in [1.807, 2.05) is 13.8 Å². The van der Waals surface area contributed by atoms with Gasteiger partial charge in [0.2, 0.25) is 0 Å². The number of nitrogens with two attached hydrogens (primary N) is 1. The van der Waals surface area contributed by atoms with Crippen LogP contribution in [0.3, 0.4) is 0 Å². The van der Waals surface area contributed by atoms with Crippen LogP contribution >= 0.6 is 0 Å². The van der Waals surface area contributed by atoms with Crippen LogP contribution in [0.5, 0.6) is 0 Å². The number of amidine groups is 1. The minimum atomic E-state index is -3.33. The zero-order chi connectivity index (χ0) is 23.9. The maximum absolute atomic E-state index is 14.4. The first-order valence-electron chi connectivity index (χ1n) is 9.59. The predicted molar refractivity (Wildman–Crippen MR) is 116 cm³/mol. The van der Waals surface area contributed by atoms with Crippen molar-refractivity contribution in [2.75, 3.05) is 27.7 Å². The summed E-state index contributed by atoms with van der Waals surface area (Å²) in [6.07, 6.45) is 0.443. The Labute approximate surface area is 180 Å². The van der Waals surface area contributed by atoms with Crippen molar-refractivity contribution < 1.29 is 23.1 Å². The Kier molecular flexibility index (Phi) is 9.23. The zero-order valence-electron chi connectivity index (χ0n) is 18.6. The summed E-state index contributed by atoms with van der Waals surface area (Å²) in [7, 11) is 4.95. The number of hydrogen-bond donors (Lipinski definition) is 3. The standard InChI is InChI=1S/C21H30F3N5O2/c1-12(2)18(13-7-8-15(16(22)9-13)21(3,23)24)27-19(14(10-30)17(25)11-31)28-20(26-4)29(5)6/h7-10,12,18,31H,11,25H2,1-6H3,(H,26,27,28). The number of nitrogens with zero attached hydrogens (tertiary/aromatic N) is 3. The van der Waals surface area contributed by atoms with Gasteiger partial charge >= 0.3 is 0 Å². The van der Waals surface area contributed by atoms with Gasteiger partial charge in [-0.25, -0.2) is 13.2 Å². The molecule has 4 N–H and O–H groups in total. The van der Waals surface area contributed by atoms with Crippen LogP contribution in [0, 0.1) is 11.7 Å². The number of aliphatic hydroxyl groups excluding tert-OH is 1. The lowest BCUT2D eigenvalue weighted by atomic mass is 9.94. The quantitative estimate of drug-likeness (QED) is 0.261. The van der Waals surface area contributed by atoms with E-state index in [0.717, 1.165) is 12.1 Å². The van der Waals surface area contributed by atoms with Crippen LogP contribution in [0.4, 0.5) is 13.2 Å². The minimum absolute atomic E-state index is 0.0138. The van der Waals surface area contributed by atoms with Crippen LogP contribution in [-0.4, -0.2) is 55.8 Å². The molecule has 0 saturated heterocycles. The number of aldehydes is 1. The third-order valence-corrected chi connectivity index (χ3v) is 4.46. The molecule has 172 valence electrons. The second-order valence-electron chi connectivity index (χ2n) is 7.58. The van der Waals surface area contributed by atoms with Crippen molar-refractivity contribution in [3.63, 3.8) is 0 Å². The van der Waals surface area contributed by atoms with E-state index in [4.69, 9.17) is 5.73 Å². The first-order valence-corrected chi connectivity index (χ1v) is 9.59. The fraction of sp³-hybridized carbons (Fsp3) is 0.476. The third-order valence-electron chi connectivity index (χ3n) is 4.46. The van der Waals surface area contributed by atoms with Gasteiger partial charge in [-0.1, -0.05) is 19.9 Å². The lowest BCUT2D eigenvalue weighted by Gasteiger charge is -2.23. The predicted octanol–water partition coefficient (Wildman–Crippen LogP) is 2.57. The molecule has 7 nitrogen and oxygen atoms in total. The zero-order valence-corrected chi connectivity index (χ0v) is 18.6. The number of nitrogens with one attached hydrogen (secondary N) is 1. The second kappa shape index (κ2) is 10.9. The Morgan fingerprint density at radius 1 is 1.35 bits per heavy atom. The molecule has 0 aliphatic heterocycles. The summed E-state index contributed by atoms with van der Waals surface area (Å²) in [6, 6.07) is 2.71. The number of aliphatic imine (C=N–C) groups is 2. The van der Waals surface area contributed by atoms with Crippen molar-refractivity contribution in [2.24, 2.45) is 21.6 Å². The van der Waals surface area contributed by atoms with Gasteiger partial charge in [0.25, 0.3) is 5.92 Å². The average molecular weight is 441 g/mol. The van der Waals surface area contributed by atoms with E-state index in [1.165, 1.54) is 13.1 Å². The number of hydrogen-bond acceptors (Lipinski definition) is 5. The van der Waals surface area contributed by atoms with E-state index < -0.39 is 30.0 Å². The first kappa shape index (κ1) is 26.2. The van der Waals surface area contributed by atoms with Crippen molar-refractivity contribution in [1.29, 1.82) is 0 Å². The summed E-state index contributed by atoms with van der Waals surface area (Å²) in [5.74, 6) is -4.22. The maximum atomic E-state index is 14.4. The van der Waals surface area contributed by atoms with Gasteiger partial charge in [0, 0.05) is 33.8 Å². The second-order valence-corrected chi connectivity index (χ2v) is 7.58. The van der Waals surface area contributed by atoms with Gasteiger partial charge in [-0.2, -0.15) is 0 Å². The van der Waals surface area contributed by atoms with E-state index in [2.05, 4.69) is 15.3 Å². The molecule has 0 amide bonds. The van der Waals surface area contributed by atoms with E-state index in [1.54, 1.807) is 19.0 Å². The Balaban J connectivity index is 3.65. The van der Waals surface area contributed by atoms with E-state index >= 15 is 0 Å². The van der Waals surface area contributed by atoms with Crippen LogP contribution in [-0.2, 0) is 10.7 Å². The molecule has 0 bridgehead atoms. The molecule has 1 aromatic carbocycles. The SMILES string of the molecule is CN=C(NC(=NC(c1ccc(C(C)(F)F)c(F)c1)C(C)C)C(C=O)=C(N)CO)N(C)C. The highest BCUT2D eigenvalue weighted by atomic mass is 19.3. The molecule has 0 aliphatic carbocycles. The van der Waals surface area contributed by atoms with Gasteiger partial charge in [-0.15, -0.1) is 0 Å². The van der Waals surface area contributed by atoms with Crippen LogP contribution in [0.25, 0.3) is 0 Å². The molecule has 0 aromatic heterocycles. The van der Waals surface area contributed by atoms with Gasteiger partial charge < -0.3 is 21.1 Å².